The minimum atomic E-state index is -0.833. The number of hydrogen-bond donors (Lipinski definition) is 6. The molecule has 0 amide bonds. The zero-order valence-electron chi connectivity index (χ0n) is 15.6. The Morgan fingerprint density at radius 2 is 0.769 bits per heavy atom. The SMILES string of the molecule is CC(=O)O.CC(=O)O.CC(=O)O.CC(=O)O.NC1(N)CCCCC1.O.O. The highest BCUT2D eigenvalue weighted by Gasteiger charge is 2.21. The maximum Gasteiger partial charge on any atom is 0.300 e. The summed E-state index contributed by atoms with van der Waals surface area (Å²) >= 11 is 0. The van der Waals surface area contributed by atoms with Crippen molar-refractivity contribution in [2.45, 2.75) is 65.5 Å². The van der Waals surface area contributed by atoms with Crippen LogP contribution in [0.15, 0.2) is 0 Å². The molecule has 0 aromatic rings. The Kier molecular flexibility index (Phi) is 37.4. The second-order valence-corrected chi connectivity index (χ2v) is 4.87. The van der Waals surface area contributed by atoms with Crippen molar-refractivity contribution >= 4 is 23.9 Å². The Morgan fingerprint density at radius 1 is 0.615 bits per heavy atom. The standard InChI is InChI=1S/C6H14N2.4C2H4O2.2H2O/c7-6(8)4-2-1-3-5-6;4*1-2(3)4;;/h1-5,7-8H2;4*1H3,(H,3,4);2*1H2. The first-order valence-electron chi connectivity index (χ1n) is 7.00. The monoisotopic (exact) mass is 390 g/mol. The molecule has 26 heavy (non-hydrogen) atoms. The molecule has 0 spiro atoms. The molecule has 1 fully saturated rings. The van der Waals surface area contributed by atoms with E-state index >= 15 is 0 Å². The third-order valence-electron chi connectivity index (χ3n) is 1.78. The number of carboxylic acid groups (broad SMARTS) is 4. The van der Waals surface area contributed by atoms with E-state index in [-0.39, 0.29) is 16.6 Å². The van der Waals surface area contributed by atoms with E-state index in [9.17, 15) is 0 Å². The molecule has 0 atom stereocenters. The third kappa shape index (κ3) is 156. The predicted molar refractivity (Wildman–Crippen MR) is 94.7 cm³/mol. The molecule has 0 heterocycles. The van der Waals surface area contributed by atoms with E-state index in [2.05, 4.69) is 0 Å². The Balaban J connectivity index is -0.0000000495. The molecule has 0 radical (unpaired) electrons. The summed E-state index contributed by atoms with van der Waals surface area (Å²) in [5.41, 5.74) is 11.0. The summed E-state index contributed by atoms with van der Waals surface area (Å²) in [5, 5.41) is 29.7. The first kappa shape index (κ1) is 39.0. The number of carbonyl (C=O) groups is 4. The van der Waals surface area contributed by atoms with Crippen molar-refractivity contribution in [3.8, 4) is 0 Å². The number of aliphatic carboxylic acids is 4. The zero-order chi connectivity index (χ0) is 20.3. The average Bonchev–Trinajstić information content (AvgIpc) is 2.24. The zero-order valence-corrected chi connectivity index (χ0v) is 15.6. The summed E-state index contributed by atoms with van der Waals surface area (Å²) in [5.74, 6) is -3.33. The lowest BCUT2D eigenvalue weighted by Gasteiger charge is -2.28. The van der Waals surface area contributed by atoms with Gasteiger partial charge in [0, 0.05) is 27.7 Å². The van der Waals surface area contributed by atoms with Gasteiger partial charge in [-0.2, -0.15) is 0 Å². The summed E-state index contributed by atoms with van der Waals surface area (Å²) in [6, 6.07) is 0. The first-order chi connectivity index (χ1) is 10.6. The van der Waals surface area contributed by atoms with Gasteiger partial charge in [0.25, 0.3) is 23.9 Å². The van der Waals surface area contributed by atoms with Gasteiger partial charge in [0.15, 0.2) is 0 Å². The highest BCUT2D eigenvalue weighted by molar-refractivity contribution is 5.63. The first-order valence-corrected chi connectivity index (χ1v) is 7.00. The average molecular weight is 390 g/mol. The number of hydrogen-bond acceptors (Lipinski definition) is 6. The number of nitrogens with two attached hydrogens (primary N) is 2. The van der Waals surface area contributed by atoms with E-state index in [0.717, 1.165) is 40.5 Å². The van der Waals surface area contributed by atoms with Crippen molar-refractivity contribution in [2.75, 3.05) is 0 Å². The van der Waals surface area contributed by atoms with Crippen LogP contribution in [0.2, 0.25) is 0 Å². The van der Waals surface area contributed by atoms with E-state index in [1.165, 1.54) is 19.3 Å². The topological polar surface area (TPSA) is 264 Å². The fourth-order valence-electron chi connectivity index (χ4n) is 1.21. The molecular formula is C14H34N2O10. The van der Waals surface area contributed by atoms with Crippen LogP contribution in [0.1, 0.15) is 59.8 Å². The van der Waals surface area contributed by atoms with Crippen molar-refractivity contribution in [3.63, 3.8) is 0 Å². The van der Waals surface area contributed by atoms with E-state index in [4.69, 9.17) is 51.1 Å². The van der Waals surface area contributed by atoms with E-state index in [1.54, 1.807) is 0 Å². The summed E-state index contributed by atoms with van der Waals surface area (Å²) in [7, 11) is 0. The Bertz CT molecular complexity index is 301. The van der Waals surface area contributed by atoms with Crippen LogP contribution in [0.25, 0.3) is 0 Å². The molecular weight excluding hydrogens is 356 g/mol. The second-order valence-electron chi connectivity index (χ2n) is 4.87. The summed E-state index contributed by atoms with van der Waals surface area (Å²) in [6.07, 6.45) is 5.76. The van der Waals surface area contributed by atoms with E-state index < -0.39 is 23.9 Å². The van der Waals surface area contributed by atoms with Crippen molar-refractivity contribution in [2.24, 2.45) is 11.5 Å². The molecule has 1 rings (SSSR count). The summed E-state index contributed by atoms with van der Waals surface area (Å²) < 4.78 is 0. The maximum atomic E-state index is 9.00. The van der Waals surface area contributed by atoms with Gasteiger partial charge in [-0.15, -0.1) is 0 Å². The fraction of sp³-hybridized carbons (Fsp3) is 0.714. The largest absolute Gasteiger partial charge is 0.481 e. The smallest absolute Gasteiger partial charge is 0.300 e. The molecule has 12 heteroatoms. The van der Waals surface area contributed by atoms with Crippen LogP contribution >= 0.6 is 0 Å². The van der Waals surface area contributed by atoms with Crippen LogP contribution in [-0.4, -0.2) is 60.9 Å². The van der Waals surface area contributed by atoms with Gasteiger partial charge >= 0.3 is 0 Å². The van der Waals surface area contributed by atoms with Crippen molar-refractivity contribution < 1.29 is 50.6 Å². The Hall–Kier alpha value is -2.28. The van der Waals surface area contributed by atoms with Crippen LogP contribution in [0, 0.1) is 0 Å². The normalized spacial score (nSPS) is 12.4. The Labute approximate surface area is 152 Å². The lowest BCUT2D eigenvalue weighted by molar-refractivity contribution is -0.135. The molecule has 160 valence electrons. The lowest BCUT2D eigenvalue weighted by atomic mass is 9.91. The quantitative estimate of drug-likeness (QED) is 0.282. The molecule has 1 aliphatic rings. The Morgan fingerprint density at radius 3 is 0.846 bits per heavy atom. The number of rotatable bonds is 0. The van der Waals surface area contributed by atoms with Crippen molar-refractivity contribution in [3.05, 3.63) is 0 Å². The molecule has 0 aliphatic heterocycles. The van der Waals surface area contributed by atoms with Gasteiger partial charge in [-0.05, 0) is 12.8 Å². The van der Waals surface area contributed by atoms with Crippen LogP contribution < -0.4 is 11.5 Å². The van der Waals surface area contributed by atoms with Gasteiger partial charge in [-0.3, -0.25) is 19.2 Å². The predicted octanol–water partition coefficient (Wildman–Crippen LogP) is -0.722. The summed E-state index contributed by atoms with van der Waals surface area (Å²) in [4.78, 5) is 36.0. The van der Waals surface area contributed by atoms with Crippen LogP contribution in [0.5, 0.6) is 0 Å². The van der Waals surface area contributed by atoms with Crippen molar-refractivity contribution in [1.82, 2.24) is 0 Å². The van der Waals surface area contributed by atoms with Gasteiger partial charge in [-0.25, -0.2) is 0 Å². The molecule has 12 nitrogen and oxygen atoms in total. The molecule has 1 saturated carbocycles. The molecule has 0 unspecified atom stereocenters. The minimum Gasteiger partial charge on any atom is -0.481 e. The van der Waals surface area contributed by atoms with Gasteiger partial charge in [-0.1, -0.05) is 19.3 Å². The van der Waals surface area contributed by atoms with Crippen molar-refractivity contribution in [1.29, 1.82) is 0 Å². The highest BCUT2D eigenvalue weighted by atomic mass is 16.4. The van der Waals surface area contributed by atoms with Gasteiger partial charge in [0.2, 0.25) is 0 Å². The molecule has 0 aromatic heterocycles. The highest BCUT2D eigenvalue weighted by Crippen LogP contribution is 2.20. The van der Waals surface area contributed by atoms with Gasteiger partial charge in [0.1, 0.15) is 0 Å². The molecule has 0 aromatic carbocycles. The molecule has 0 bridgehead atoms. The fourth-order valence-corrected chi connectivity index (χ4v) is 1.21. The van der Waals surface area contributed by atoms with Crippen LogP contribution in [0.4, 0.5) is 0 Å². The molecule has 1 aliphatic carbocycles. The minimum absolute atomic E-state index is 0. The molecule has 12 N–H and O–H groups in total. The van der Waals surface area contributed by atoms with E-state index in [0.29, 0.717) is 0 Å². The summed E-state index contributed by atoms with van der Waals surface area (Å²) in [6.45, 7) is 4.33. The van der Waals surface area contributed by atoms with Crippen LogP contribution in [-0.2, 0) is 19.2 Å². The van der Waals surface area contributed by atoms with Crippen LogP contribution in [0.3, 0.4) is 0 Å². The second kappa shape index (κ2) is 25.0. The maximum absolute atomic E-state index is 9.00. The third-order valence-corrected chi connectivity index (χ3v) is 1.78. The molecule has 0 saturated heterocycles. The van der Waals surface area contributed by atoms with E-state index in [1.807, 2.05) is 0 Å². The number of carboxylic acids is 4. The van der Waals surface area contributed by atoms with Gasteiger partial charge < -0.3 is 42.8 Å². The van der Waals surface area contributed by atoms with Gasteiger partial charge in [0.05, 0.1) is 5.66 Å². The lowest BCUT2D eigenvalue weighted by Crippen LogP contribution is -2.50.